The van der Waals surface area contributed by atoms with Gasteiger partial charge in [0.05, 0.1) is 12.8 Å². The largest absolute Gasteiger partial charge is 0.362 e. The van der Waals surface area contributed by atoms with E-state index < -0.39 is 20.8 Å². The number of ketones is 1. The van der Waals surface area contributed by atoms with Gasteiger partial charge < -0.3 is 5.53 Å². The fourth-order valence-electron chi connectivity index (χ4n) is 1.84. The molecule has 1 N–H and O–H groups in total. The highest BCUT2D eigenvalue weighted by Gasteiger charge is 2.31. The quantitative estimate of drug-likeness (QED) is 0.420. The van der Waals surface area contributed by atoms with E-state index in [1.54, 1.807) is 0 Å². The Morgan fingerprint density at radius 3 is 2.65 bits per heavy atom. The average molecular weight is 252 g/mol. The molecule has 0 unspecified atom stereocenters. The standard InChI is InChI=1S/C10H8N2O4S/c11-12-7-1-2-9-6(3-7)4-8(13)5-10(9)17(14,15)16/h2,4-5H,1,3H2,(H,14,15,16). The van der Waals surface area contributed by atoms with Crippen LogP contribution in [0.2, 0.25) is 0 Å². The summed E-state index contributed by atoms with van der Waals surface area (Å²) in [5, 5.41) is 0. The molecule has 0 saturated heterocycles. The molecule has 88 valence electrons. The second-order valence-electron chi connectivity index (χ2n) is 3.72. The van der Waals surface area contributed by atoms with Crippen molar-refractivity contribution in [3.63, 3.8) is 0 Å². The van der Waals surface area contributed by atoms with E-state index >= 15 is 0 Å². The summed E-state index contributed by atoms with van der Waals surface area (Å²) in [7, 11) is -4.42. The summed E-state index contributed by atoms with van der Waals surface area (Å²) in [5.74, 6) is -0.510. The molecule has 0 heterocycles. The molecular weight excluding hydrogens is 244 g/mol. The maximum absolute atomic E-state index is 11.3. The van der Waals surface area contributed by atoms with Crippen LogP contribution < -0.4 is 0 Å². The van der Waals surface area contributed by atoms with Gasteiger partial charge in [-0.15, -0.1) is 0 Å². The smallest absolute Gasteiger partial charge is 0.295 e. The van der Waals surface area contributed by atoms with Gasteiger partial charge in [0.1, 0.15) is 4.91 Å². The van der Waals surface area contributed by atoms with Crippen molar-refractivity contribution in [2.45, 2.75) is 12.8 Å². The summed E-state index contributed by atoms with van der Waals surface area (Å²) in [6.07, 6.45) is 4.14. The van der Waals surface area contributed by atoms with E-state index in [4.69, 9.17) is 10.1 Å². The molecule has 17 heavy (non-hydrogen) atoms. The van der Waals surface area contributed by atoms with Crippen LogP contribution in [0.25, 0.3) is 5.53 Å². The molecule has 0 bridgehead atoms. The topological polar surface area (TPSA) is 108 Å². The number of nitrogens with zero attached hydrogens (tertiary/aromatic N) is 2. The van der Waals surface area contributed by atoms with Crippen molar-refractivity contribution in [2.24, 2.45) is 0 Å². The van der Waals surface area contributed by atoms with E-state index in [-0.39, 0.29) is 12.8 Å². The van der Waals surface area contributed by atoms with E-state index in [2.05, 4.69) is 4.79 Å². The van der Waals surface area contributed by atoms with Crippen LogP contribution in [0.3, 0.4) is 0 Å². The van der Waals surface area contributed by atoms with Crippen molar-refractivity contribution < 1.29 is 22.6 Å². The van der Waals surface area contributed by atoms with Crippen LogP contribution in [0.15, 0.2) is 34.3 Å². The fourth-order valence-corrected chi connectivity index (χ4v) is 2.59. The van der Waals surface area contributed by atoms with Gasteiger partial charge in [0.15, 0.2) is 5.78 Å². The lowest BCUT2D eigenvalue weighted by molar-refractivity contribution is -0.110. The highest BCUT2D eigenvalue weighted by molar-refractivity contribution is 7.90. The Morgan fingerprint density at radius 2 is 2.06 bits per heavy atom. The molecule has 2 rings (SSSR count). The minimum atomic E-state index is -4.42. The van der Waals surface area contributed by atoms with E-state index in [1.807, 2.05) is 0 Å². The first-order chi connectivity index (χ1) is 7.91. The number of hydrogen-bond donors (Lipinski definition) is 1. The molecule has 2 aliphatic rings. The Kier molecular flexibility index (Phi) is 2.66. The second-order valence-corrected chi connectivity index (χ2v) is 5.11. The zero-order chi connectivity index (χ0) is 12.6. The molecule has 7 heteroatoms. The number of carbonyl (C=O) groups excluding carboxylic acids is 1. The Bertz CT molecular complexity index is 646. The molecule has 0 saturated carbocycles. The SMILES string of the molecule is [N-]=[N+]=C1CC=C2C(=CC(=O)C=C2S(=O)(=O)O)C1. The van der Waals surface area contributed by atoms with Crippen LogP contribution in [-0.2, 0) is 14.9 Å². The monoisotopic (exact) mass is 252 g/mol. The number of fused-ring (bicyclic) bond motifs is 1. The Morgan fingerprint density at radius 1 is 1.35 bits per heavy atom. The lowest BCUT2D eigenvalue weighted by Gasteiger charge is -2.18. The number of rotatable bonds is 1. The molecular formula is C10H8N2O4S. The third-order valence-corrected chi connectivity index (χ3v) is 3.45. The van der Waals surface area contributed by atoms with Crippen molar-refractivity contribution in [1.82, 2.24) is 0 Å². The summed E-state index contributed by atoms with van der Waals surface area (Å²) in [5.41, 5.74) is 9.81. The van der Waals surface area contributed by atoms with Gasteiger partial charge in [-0.2, -0.15) is 13.2 Å². The van der Waals surface area contributed by atoms with Crippen molar-refractivity contribution in [3.05, 3.63) is 39.8 Å². The minimum absolute atomic E-state index is 0.195. The number of allylic oxidation sites excluding steroid dienone is 5. The first-order valence-electron chi connectivity index (χ1n) is 4.76. The predicted octanol–water partition coefficient (Wildman–Crippen LogP) is 0.658. The maximum Gasteiger partial charge on any atom is 0.295 e. The molecule has 0 amide bonds. The molecule has 0 spiro atoms. The molecule has 0 aromatic heterocycles. The van der Waals surface area contributed by atoms with E-state index in [0.717, 1.165) is 6.08 Å². The number of hydrogen-bond acceptors (Lipinski definition) is 3. The summed E-state index contributed by atoms with van der Waals surface area (Å²) in [4.78, 5) is 14.0. The Labute approximate surface area is 97.3 Å². The Balaban J connectivity index is 2.58. The molecule has 0 radical (unpaired) electrons. The van der Waals surface area contributed by atoms with Gasteiger partial charge in [0.25, 0.3) is 15.8 Å². The minimum Gasteiger partial charge on any atom is -0.362 e. The number of carbonyl (C=O) groups is 1. The van der Waals surface area contributed by atoms with Gasteiger partial charge >= 0.3 is 0 Å². The van der Waals surface area contributed by atoms with Crippen LogP contribution >= 0.6 is 0 Å². The van der Waals surface area contributed by atoms with Crippen LogP contribution in [0, 0.1) is 0 Å². The molecule has 2 aliphatic carbocycles. The Hall–Kier alpha value is -1.82. The van der Waals surface area contributed by atoms with Crippen molar-refractivity contribution in [3.8, 4) is 0 Å². The molecule has 0 atom stereocenters. The molecule has 0 fully saturated rings. The van der Waals surface area contributed by atoms with Crippen molar-refractivity contribution >= 4 is 21.6 Å². The summed E-state index contributed by atoms with van der Waals surface area (Å²) in [6.45, 7) is 0. The summed E-state index contributed by atoms with van der Waals surface area (Å²) < 4.78 is 31.3. The van der Waals surface area contributed by atoms with E-state index in [9.17, 15) is 13.2 Å². The van der Waals surface area contributed by atoms with Crippen molar-refractivity contribution in [2.75, 3.05) is 0 Å². The van der Waals surface area contributed by atoms with Gasteiger partial charge in [-0.05, 0) is 17.2 Å². The molecule has 0 aliphatic heterocycles. The first-order valence-corrected chi connectivity index (χ1v) is 6.20. The van der Waals surface area contributed by atoms with Gasteiger partial charge in [-0.3, -0.25) is 9.35 Å². The van der Waals surface area contributed by atoms with Gasteiger partial charge in [-0.1, -0.05) is 6.08 Å². The highest BCUT2D eigenvalue weighted by atomic mass is 32.2. The van der Waals surface area contributed by atoms with Crippen LogP contribution in [0.1, 0.15) is 12.8 Å². The van der Waals surface area contributed by atoms with E-state index in [0.29, 0.717) is 16.9 Å². The van der Waals surface area contributed by atoms with Crippen LogP contribution in [-0.4, -0.2) is 29.3 Å². The van der Waals surface area contributed by atoms with Gasteiger partial charge in [0, 0.05) is 6.08 Å². The average Bonchev–Trinajstić information content (AvgIpc) is 2.25. The highest BCUT2D eigenvalue weighted by Crippen LogP contribution is 2.33. The lowest BCUT2D eigenvalue weighted by atomic mass is 9.88. The van der Waals surface area contributed by atoms with Gasteiger partial charge in [0.2, 0.25) is 0 Å². The third kappa shape index (κ3) is 2.16. The van der Waals surface area contributed by atoms with Gasteiger partial charge in [-0.25, -0.2) is 0 Å². The van der Waals surface area contributed by atoms with Crippen molar-refractivity contribution in [1.29, 1.82) is 0 Å². The molecule has 6 nitrogen and oxygen atoms in total. The van der Waals surface area contributed by atoms with Crippen LogP contribution in [0.5, 0.6) is 0 Å². The van der Waals surface area contributed by atoms with Crippen LogP contribution in [0.4, 0.5) is 0 Å². The zero-order valence-electron chi connectivity index (χ0n) is 8.62. The lowest BCUT2D eigenvalue weighted by Crippen LogP contribution is -2.18. The third-order valence-electron chi connectivity index (χ3n) is 2.56. The summed E-state index contributed by atoms with van der Waals surface area (Å²) >= 11 is 0. The second kappa shape index (κ2) is 3.89. The zero-order valence-corrected chi connectivity index (χ0v) is 9.44. The predicted molar refractivity (Wildman–Crippen MR) is 58.7 cm³/mol. The molecule has 0 aromatic carbocycles. The normalized spacial score (nSPS) is 19.9. The summed E-state index contributed by atoms with van der Waals surface area (Å²) in [6, 6.07) is 0. The fraction of sp³-hybridized carbons (Fsp3) is 0.200. The first kappa shape index (κ1) is 11.7. The van der Waals surface area contributed by atoms with E-state index in [1.165, 1.54) is 12.2 Å². The molecule has 0 aromatic rings. The maximum atomic E-state index is 11.3.